The lowest BCUT2D eigenvalue weighted by molar-refractivity contribution is -0.143. The van der Waals surface area contributed by atoms with Crippen LogP contribution in [0.2, 0.25) is 0 Å². The lowest BCUT2D eigenvalue weighted by atomic mass is 9.79. The van der Waals surface area contributed by atoms with Crippen molar-refractivity contribution in [2.75, 3.05) is 19.6 Å². The molecule has 0 aromatic carbocycles. The molecule has 4 saturated heterocycles. The number of carbonyl (C=O) groups is 1. The molecule has 1 N–H and O–H groups in total. The Balaban J connectivity index is 1.86. The number of piperidine rings is 3. The number of aliphatic carboxylic acids is 1. The Labute approximate surface area is 103 Å². The molecule has 0 amide bonds. The predicted octanol–water partition coefficient (Wildman–Crippen LogP) is 1.02. The summed E-state index contributed by atoms with van der Waals surface area (Å²) < 4.78 is 0. The van der Waals surface area contributed by atoms with Crippen molar-refractivity contribution in [3.63, 3.8) is 0 Å². The van der Waals surface area contributed by atoms with E-state index in [4.69, 9.17) is 0 Å². The average Bonchev–Trinajstić information content (AvgIpc) is 2.73. The van der Waals surface area contributed by atoms with E-state index in [-0.39, 0.29) is 6.04 Å². The molecule has 17 heavy (non-hydrogen) atoms. The first-order valence-electron chi connectivity index (χ1n) is 6.95. The molecule has 3 unspecified atom stereocenters. The third-order valence-electron chi connectivity index (χ3n) is 4.94. The quantitative estimate of drug-likeness (QED) is 0.797. The number of carboxylic acid groups (broad SMARTS) is 1. The molecule has 4 nitrogen and oxygen atoms in total. The summed E-state index contributed by atoms with van der Waals surface area (Å²) in [4.78, 5) is 16.2. The average molecular weight is 238 g/mol. The van der Waals surface area contributed by atoms with Crippen LogP contribution >= 0.6 is 0 Å². The molecular formula is C13H22N2O2. The summed E-state index contributed by atoms with van der Waals surface area (Å²) in [6.45, 7) is 5.48. The fourth-order valence-corrected chi connectivity index (χ4v) is 4.28. The molecule has 0 saturated carbocycles. The van der Waals surface area contributed by atoms with E-state index in [9.17, 15) is 9.90 Å². The van der Waals surface area contributed by atoms with Gasteiger partial charge in [0.15, 0.2) is 0 Å². The Hall–Kier alpha value is -0.610. The van der Waals surface area contributed by atoms with E-state index in [0.717, 1.165) is 25.3 Å². The molecule has 4 heteroatoms. The normalized spacial score (nSPS) is 44.9. The van der Waals surface area contributed by atoms with Crippen LogP contribution in [-0.4, -0.2) is 58.6 Å². The Morgan fingerprint density at radius 2 is 2.06 bits per heavy atom. The molecule has 0 spiro atoms. The highest BCUT2D eigenvalue weighted by molar-refractivity contribution is 5.74. The molecular weight excluding hydrogens is 216 g/mol. The van der Waals surface area contributed by atoms with Gasteiger partial charge in [0.1, 0.15) is 6.04 Å². The van der Waals surface area contributed by atoms with Gasteiger partial charge in [-0.2, -0.15) is 0 Å². The first-order valence-corrected chi connectivity index (χ1v) is 6.95. The lowest BCUT2D eigenvalue weighted by Crippen LogP contribution is -2.59. The van der Waals surface area contributed by atoms with Gasteiger partial charge in [0.25, 0.3) is 0 Å². The number of nitrogens with zero attached hydrogens (tertiary/aromatic N) is 2. The van der Waals surface area contributed by atoms with Gasteiger partial charge in [-0.1, -0.05) is 6.92 Å². The van der Waals surface area contributed by atoms with Crippen LogP contribution in [-0.2, 0) is 4.79 Å². The van der Waals surface area contributed by atoms with Gasteiger partial charge in [-0.05, 0) is 51.2 Å². The number of likely N-dealkylation sites (tertiary alicyclic amines) is 1. The largest absolute Gasteiger partial charge is 0.480 e. The minimum absolute atomic E-state index is 0.230. The second kappa shape index (κ2) is 4.25. The Morgan fingerprint density at radius 3 is 2.65 bits per heavy atom. The first-order chi connectivity index (χ1) is 8.22. The van der Waals surface area contributed by atoms with Crippen LogP contribution in [0, 0.1) is 5.92 Å². The van der Waals surface area contributed by atoms with Gasteiger partial charge in [0, 0.05) is 12.1 Å². The number of hydrogen-bond acceptors (Lipinski definition) is 3. The van der Waals surface area contributed by atoms with Crippen molar-refractivity contribution < 1.29 is 9.90 Å². The summed E-state index contributed by atoms with van der Waals surface area (Å²) >= 11 is 0. The fourth-order valence-electron chi connectivity index (χ4n) is 4.28. The second-order valence-electron chi connectivity index (χ2n) is 5.76. The minimum atomic E-state index is -0.617. The maximum absolute atomic E-state index is 11.4. The van der Waals surface area contributed by atoms with E-state index >= 15 is 0 Å². The van der Waals surface area contributed by atoms with Crippen molar-refractivity contribution in [1.29, 1.82) is 0 Å². The third-order valence-corrected chi connectivity index (χ3v) is 4.94. The van der Waals surface area contributed by atoms with Crippen molar-refractivity contribution in [2.45, 2.75) is 50.7 Å². The first kappa shape index (κ1) is 11.5. The van der Waals surface area contributed by atoms with Crippen LogP contribution < -0.4 is 0 Å². The van der Waals surface area contributed by atoms with E-state index in [1.807, 2.05) is 0 Å². The highest BCUT2D eigenvalue weighted by Crippen LogP contribution is 2.42. The summed E-state index contributed by atoms with van der Waals surface area (Å²) in [6, 6.07) is 0.819. The van der Waals surface area contributed by atoms with Crippen LogP contribution in [0.3, 0.4) is 0 Å². The van der Waals surface area contributed by atoms with Crippen LogP contribution in [0.15, 0.2) is 0 Å². The maximum Gasteiger partial charge on any atom is 0.320 e. The molecule has 4 aliphatic rings. The highest BCUT2D eigenvalue weighted by Gasteiger charge is 2.53. The van der Waals surface area contributed by atoms with Crippen LogP contribution in [0.5, 0.6) is 0 Å². The third kappa shape index (κ3) is 1.69. The fraction of sp³-hybridized carbons (Fsp3) is 0.923. The van der Waals surface area contributed by atoms with Crippen LogP contribution in [0.1, 0.15) is 32.6 Å². The minimum Gasteiger partial charge on any atom is -0.480 e. The molecule has 4 aliphatic heterocycles. The number of fused-ring (bicyclic) bond motifs is 2. The molecule has 3 atom stereocenters. The van der Waals surface area contributed by atoms with E-state index in [2.05, 4.69) is 16.7 Å². The Morgan fingerprint density at radius 1 is 1.35 bits per heavy atom. The van der Waals surface area contributed by atoms with Gasteiger partial charge < -0.3 is 5.11 Å². The summed E-state index contributed by atoms with van der Waals surface area (Å²) in [5, 5.41) is 9.39. The zero-order valence-electron chi connectivity index (χ0n) is 10.5. The smallest absolute Gasteiger partial charge is 0.320 e. The summed E-state index contributed by atoms with van der Waals surface area (Å²) in [7, 11) is 0. The van der Waals surface area contributed by atoms with Crippen LogP contribution in [0.25, 0.3) is 0 Å². The van der Waals surface area contributed by atoms with Crippen LogP contribution in [0.4, 0.5) is 0 Å². The number of rotatable bonds is 3. The molecule has 4 rings (SSSR count). The van der Waals surface area contributed by atoms with Gasteiger partial charge >= 0.3 is 5.97 Å². The topological polar surface area (TPSA) is 43.8 Å². The van der Waals surface area contributed by atoms with E-state index in [0.29, 0.717) is 12.1 Å². The molecule has 96 valence electrons. The van der Waals surface area contributed by atoms with Gasteiger partial charge in [-0.25, -0.2) is 0 Å². The monoisotopic (exact) mass is 238 g/mol. The summed E-state index contributed by atoms with van der Waals surface area (Å²) in [5.74, 6) is 0.134. The summed E-state index contributed by atoms with van der Waals surface area (Å²) in [6.07, 6.45) is 4.44. The molecule has 4 fully saturated rings. The number of carboxylic acids is 1. The SMILES string of the molecule is CCCN1C(C(=O)O)CC2C1C1CCN2CC1. The van der Waals surface area contributed by atoms with Gasteiger partial charge in [0.2, 0.25) is 0 Å². The number of hydrogen-bond donors (Lipinski definition) is 1. The van der Waals surface area contributed by atoms with Crippen molar-refractivity contribution in [3.05, 3.63) is 0 Å². The van der Waals surface area contributed by atoms with Crippen molar-refractivity contribution in [3.8, 4) is 0 Å². The predicted molar refractivity (Wildman–Crippen MR) is 64.9 cm³/mol. The molecule has 0 radical (unpaired) electrons. The molecule has 0 aromatic heterocycles. The zero-order chi connectivity index (χ0) is 12.0. The van der Waals surface area contributed by atoms with Crippen molar-refractivity contribution in [2.24, 2.45) is 5.92 Å². The summed E-state index contributed by atoms with van der Waals surface area (Å²) in [5.41, 5.74) is 0. The Bertz CT molecular complexity index is 313. The standard InChI is InChI=1S/C13H22N2O2/c1-2-5-15-11(13(16)17)8-10-12(15)9-3-6-14(10)7-4-9/h9-12H,2-8H2,1H3,(H,16,17). The van der Waals surface area contributed by atoms with Crippen molar-refractivity contribution in [1.82, 2.24) is 9.80 Å². The van der Waals surface area contributed by atoms with Gasteiger partial charge in [0.05, 0.1) is 0 Å². The van der Waals surface area contributed by atoms with Gasteiger partial charge in [-0.15, -0.1) is 0 Å². The lowest BCUT2D eigenvalue weighted by Gasteiger charge is -2.50. The second-order valence-corrected chi connectivity index (χ2v) is 5.76. The maximum atomic E-state index is 11.4. The molecule has 0 aliphatic carbocycles. The Kier molecular flexibility index (Phi) is 2.87. The zero-order valence-corrected chi connectivity index (χ0v) is 10.5. The van der Waals surface area contributed by atoms with E-state index in [1.54, 1.807) is 0 Å². The van der Waals surface area contributed by atoms with Crippen molar-refractivity contribution >= 4 is 5.97 Å². The molecule has 4 heterocycles. The molecule has 0 aromatic rings. The van der Waals surface area contributed by atoms with E-state index in [1.165, 1.54) is 25.9 Å². The highest BCUT2D eigenvalue weighted by atomic mass is 16.4. The van der Waals surface area contributed by atoms with Gasteiger partial charge in [-0.3, -0.25) is 14.6 Å². The molecule has 2 bridgehead atoms. The van der Waals surface area contributed by atoms with E-state index < -0.39 is 5.97 Å².